The maximum absolute atomic E-state index is 13.9. The number of hydrogen-bond acceptors (Lipinski definition) is 10. The highest BCUT2D eigenvalue weighted by Gasteiger charge is 2.39. The minimum absolute atomic E-state index is 0.00892. The van der Waals surface area contributed by atoms with E-state index in [1.807, 2.05) is 44.2 Å². The van der Waals surface area contributed by atoms with Gasteiger partial charge in [-0.3, -0.25) is 9.69 Å². The fourth-order valence-corrected chi connectivity index (χ4v) is 8.38. The molecule has 0 bridgehead atoms. The molecule has 0 spiro atoms. The number of benzene rings is 3. The zero-order valence-electron chi connectivity index (χ0n) is 26.0. The Morgan fingerprint density at radius 3 is 2.49 bits per heavy atom. The Morgan fingerprint density at radius 2 is 1.79 bits per heavy atom. The molecule has 250 valence electrons. The van der Waals surface area contributed by atoms with E-state index >= 15 is 0 Å². The van der Waals surface area contributed by atoms with Crippen LogP contribution in [-0.2, 0) is 35.8 Å². The van der Waals surface area contributed by atoms with Crippen molar-refractivity contribution in [3.63, 3.8) is 0 Å². The van der Waals surface area contributed by atoms with Crippen molar-refractivity contribution < 1.29 is 36.3 Å². The van der Waals surface area contributed by atoms with Gasteiger partial charge in [-0.05, 0) is 54.3 Å². The van der Waals surface area contributed by atoms with Crippen LogP contribution in [0.25, 0.3) is 10.2 Å². The van der Waals surface area contributed by atoms with Gasteiger partial charge in [0, 0.05) is 25.0 Å². The maximum Gasteiger partial charge on any atom is 0.415 e. The minimum atomic E-state index is -4.05. The van der Waals surface area contributed by atoms with E-state index in [1.165, 1.54) is 50.9 Å². The number of carbonyl (C=O) groups is 2. The van der Waals surface area contributed by atoms with Crippen molar-refractivity contribution in [2.45, 2.75) is 48.3 Å². The van der Waals surface area contributed by atoms with Gasteiger partial charge >= 0.3 is 6.09 Å². The van der Waals surface area contributed by atoms with Crippen LogP contribution in [0.2, 0.25) is 0 Å². The van der Waals surface area contributed by atoms with E-state index in [4.69, 9.17) is 4.74 Å². The number of anilines is 1. The third kappa shape index (κ3) is 8.16. The highest BCUT2D eigenvalue weighted by molar-refractivity contribution is 7.90. The summed E-state index contributed by atoms with van der Waals surface area (Å²) in [6.07, 6.45) is -2.23. The molecule has 2 heterocycles. The van der Waals surface area contributed by atoms with Crippen LogP contribution in [0.3, 0.4) is 0 Å². The van der Waals surface area contributed by atoms with E-state index < -0.39 is 50.1 Å². The van der Waals surface area contributed by atoms with Crippen molar-refractivity contribution in [1.29, 1.82) is 0 Å². The number of fused-ring (bicyclic) bond motifs is 1. The number of cyclic esters (lactones) is 1. The molecule has 0 radical (unpaired) electrons. The first-order chi connectivity index (χ1) is 22.2. The van der Waals surface area contributed by atoms with Crippen molar-refractivity contribution in [2.24, 2.45) is 5.92 Å². The molecule has 1 aromatic heterocycles. The zero-order valence-corrected chi connectivity index (χ0v) is 28.5. The third-order valence-corrected chi connectivity index (χ3v) is 11.4. The monoisotopic (exact) mass is 700 g/mol. The topological polar surface area (TPSA) is 163 Å². The Bertz CT molecular complexity index is 1970. The molecule has 3 aromatic carbocycles. The molecule has 15 heteroatoms. The molecule has 47 heavy (non-hydrogen) atoms. The number of amides is 2. The maximum atomic E-state index is 13.9. The average Bonchev–Trinajstić information content (AvgIpc) is 3.66. The van der Waals surface area contributed by atoms with Crippen LogP contribution in [0, 0.1) is 5.92 Å². The van der Waals surface area contributed by atoms with Crippen molar-refractivity contribution in [3.05, 3.63) is 83.9 Å². The molecule has 3 atom stereocenters. The molecule has 5 rings (SSSR count). The fourth-order valence-electron chi connectivity index (χ4n) is 5.28. The van der Waals surface area contributed by atoms with Gasteiger partial charge in [-0.2, -0.15) is 4.31 Å². The second-order valence-electron chi connectivity index (χ2n) is 11.8. The van der Waals surface area contributed by atoms with Gasteiger partial charge in [0.15, 0.2) is 15.9 Å². The lowest BCUT2D eigenvalue weighted by Crippen LogP contribution is -2.53. The Hall–Kier alpha value is -3.89. The Labute approximate surface area is 278 Å². The molecule has 2 N–H and O–H groups in total. The highest BCUT2D eigenvalue weighted by Crippen LogP contribution is 2.27. The lowest BCUT2D eigenvalue weighted by molar-refractivity contribution is -0.129. The number of nitrogens with zero attached hydrogens (tertiary/aromatic N) is 3. The van der Waals surface area contributed by atoms with Crippen LogP contribution in [-0.4, -0.2) is 87.4 Å². The van der Waals surface area contributed by atoms with E-state index in [-0.39, 0.29) is 47.5 Å². The molecule has 1 fully saturated rings. The predicted molar refractivity (Wildman–Crippen MR) is 178 cm³/mol. The lowest BCUT2D eigenvalue weighted by atomic mass is 10.0. The molecule has 0 unspecified atom stereocenters. The largest absolute Gasteiger partial charge is 0.434 e. The Kier molecular flexibility index (Phi) is 10.3. The summed E-state index contributed by atoms with van der Waals surface area (Å²) in [5.74, 6) is -0.759. The second kappa shape index (κ2) is 14.1. The number of sulfonamides is 1. The summed E-state index contributed by atoms with van der Waals surface area (Å²) in [5, 5.41) is 14.4. The first-order valence-corrected chi connectivity index (χ1v) is 19.1. The zero-order chi connectivity index (χ0) is 33.9. The van der Waals surface area contributed by atoms with E-state index in [1.54, 1.807) is 17.6 Å². The van der Waals surface area contributed by atoms with Gasteiger partial charge in [0.25, 0.3) is 5.91 Å². The van der Waals surface area contributed by atoms with Crippen molar-refractivity contribution >= 4 is 59.1 Å². The number of hydrogen-bond donors (Lipinski definition) is 2. The van der Waals surface area contributed by atoms with Crippen LogP contribution in [0.4, 0.5) is 10.5 Å². The highest BCUT2D eigenvalue weighted by atomic mass is 32.2. The molecular weight excluding hydrogens is 665 g/mol. The first kappa shape index (κ1) is 34.4. The average molecular weight is 701 g/mol. The van der Waals surface area contributed by atoms with Gasteiger partial charge in [0.05, 0.1) is 44.2 Å². The van der Waals surface area contributed by atoms with Crippen molar-refractivity contribution in [2.75, 3.05) is 30.8 Å². The van der Waals surface area contributed by atoms with Crippen LogP contribution in [0.1, 0.15) is 19.4 Å². The summed E-state index contributed by atoms with van der Waals surface area (Å²) in [6, 6.07) is 18.6. The third-order valence-electron chi connectivity index (χ3n) is 7.65. The summed E-state index contributed by atoms with van der Waals surface area (Å²) >= 11 is 1.33. The first-order valence-electron chi connectivity index (χ1n) is 14.9. The van der Waals surface area contributed by atoms with Gasteiger partial charge in [0.2, 0.25) is 10.0 Å². The van der Waals surface area contributed by atoms with Crippen molar-refractivity contribution in [3.8, 4) is 0 Å². The van der Waals surface area contributed by atoms with Gasteiger partial charge < -0.3 is 15.2 Å². The molecule has 12 nitrogen and oxygen atoms in total. The van der Waals surface area contributed by atoms with Gasteiger partial charge in [-0.1, -0.05) is 50.2 Å². The summed E-state index contributed by atoms with van der Waals surface area (Å²) < 4.78 is 59.1. The smallest absolute Gasteiger partial charge is 0.415 e. The number of aliphatic hydroxyl groups excluding tert-OH is 1. The summed E-state index contributed by atoms with van der Waals surface area (Å²) in [7, 11) is -7.60. The molecule has 1 aliphatic heterocycles. The Morgan fingerprint density at radius 1 is 1.04 bits per heavy atom. The van der Waals surface area contributed by atoms with Crippen LogP contribution >= 0.6 is 11.3 Å². The molecule has 0 saturated carbocycles. The molecular formula is C32H36N4O8S3. The lowest BCUT2D eigenvalue weighted by Gasteiger charge is -2.31. The number of thiazole rings is 1. The summed E-state index contributed by atoms with van der Waals surface area (Å²) in [4.78, 5) is 31.8. The van der Waals surface area contributed by atoms with Crippen LogP contribution < -0.4 is 10.2 Å². The van der Waals surface area contributed by atoms with Gasteiger partial charge in [-0.15, -0.1) is 11.3 Å². The normalized spacial score (nSPS) is 16.9. The number of aliphatic hydroxyl groups is 1. The van der Waals surface area contributed by atoms with E-state index in [9.17, 15) is 31.5 Å². The molecule has 1 saturated heterocycles. The standard InChI is InChI=1S/C32H36N4O8S3/c1-21(2)17-35(47(42,43)25-12-13-26-30(16-25)45-20-33-26)18-28(37)27(14-22-8-5-4-6-9-22)34-31(38)29-19-36(32(39)44-29)23-10-7-11-24(15-23)46(3,40)41/h4-13,15-16,20-21,27-29,37H,14,17-19H2,1-3H3,(H,34,38)/t27-,28+,29-/m0/s1. The van der Waals surface area contributed by atoms with Crippen LogP contribution in [0.15, 0.2) is 88.1 Å². The second-order valence-corrected chi connectivity index (χ2v) is 16.7. The van der Waals surface area contributed by atoms with Gasteiger partial charge in [-0.25, -0.2) is 26.6 Å². The summed E-state index contributed by atoms with van der Waals surface area (Å²) in [6.45, 7) is 3.36. The van der Waals surface area contributed by atoms with E-state index in [2.05, 4.69) is 10.3 Å². The number of nitrogens with one attached hydrogen (secondary N) is 1. The minimum Gasteiger partial charge on any atom is -0.434 e. The Balaban J connectivity index is 1.37. The van der Waals surface area contributed by atoms with Crippen molar-refractivity contribution in [1.82, 2.24) is 14.6 Å². The predicted octanol–water partition coefficient (Wildman–Crippen LogP) is 3.46. The van der Waals surface area contributed by atoms with E-state index in [0.717, 1.165) is 11.8 Å². The fraction of sp³-hybridized carbons (Fsp3) is 0.344. The number of carbonyl (C=O) groups excluding carboxylic acids is 2. The van der Waals surface area contributed by atoms with Crippen LogP contribution in [0.5, 0.6) is 0 Å². The van der Waals surface area contributed by atoms with Gasteiger partial charge in [0.1, 0.15) is 0 Å². The number of sulfone groups is 1. The molecule has 4 aromatic rings. The number of aromatic nitrogens is 1. The number of rotatable bonds is 13. The number of ether oxygens (including phenoxy) is 1. The van der Waals surface area contributed by atoms with E-state index in [0.29, 0.717) is 10.2 Å². The SMILES string of the molecule is CC(C)CN(C[C@@H](O)[C@H](Cc1ccccc1)NC(=O)[C@@H]1CN(c2cccc(S(C)(=O)=O)c2)C(=O)O1)S(=O)(=O)c1ccc2ncsc2c1. The molecule has 1 aliphatic rings. The summed E-state index contributed by atoms with van der Waals surface area (Å²) in [5.41, 5.74) is 3.36. The quantitative estimate of drug-likeness (QED) is 0.213. The molecule has 2 amide bonds. The molecule has 0 aliphatic carbocycles.